The van der Waals surface area contributed by atoms with Gasteiger partial charge in [-0.2, -0.15) is 13.2 Å². The smallest absolute Gasteiger partial charge is 0.383 e. The van der Waals surface area contributed by atoms with Gasteiger partial charge < -0.3 is 14.2 Å². The first kappa shape index (κ1) is 22.9. The summed E-state index contributed by atoms with van der Waals surface area (Å²) in [6, 6.07) is 15.5. The van der Waals surface area contributed by atoms with Crippen molar-refractivity contribution in [1.82, 2.24) is 9.47 Å². The van der Waals surface area contributed by atoms with Crippen LogP contribution < -0.4 is 0 Å². The van der Waals surface area contributed by atoms with Crippen LogP contribution in [0.3, 0.4) is 0 Å². The molecule has 0 unspecified atom stereocenters. The van der Waals surface area contributed by atoms with E-state index in [-0.39, 0.29) is 18.0 Å². The quantitative estimate of drug-likeness (QED) is 0.454. The standard InChI is InChI=1S/C23H22ClF3N2O2/c1-31-14-13-29(22(30)17-8-10-19(11-9-17)23(25,26)27)16-20-6-4-12-28(20)15-18-5-2-3-7-21(18)24/h2-12H,13-16H2,1H3. The Hall–Kier alpha value is -2.77. The van der Waals surface area contributed by atoms with Gasteiger partial charge in [-0.15, -0.1) is 0 Å². The van der Waals surface area contributed by atoms with Gasteiger partial charge in [-0.3, -0.25) is 4.79 Å². The van der Waals surface area contributed by atoms with Crippen molar-refractivity contribution in [2.45, 2.75) is 19.3 Å². The van der Waals surface area contributed by atoms with Gasteiger partial charge >= 0.3 is 6.18 Å². The molecule has 0 saturated carbocycles. The number of amides is 1. The number of rotatable bonds is 8. The van der Waals surface area contributed by atoms with E-state index in [2.05, 4.69) is 0 Å². The second-order valence-corrected chi connectivity index (χ2v) is 7.42. The predicted octanol–water partition coefficient (Wildman–Crippen LogP) is 5.50. The van der Waals surface area contributed by atoms with E-state index < -0.39 is 11.7 Å². The minimum atomic E-state index is -4.45. The van der Waals surface area contributed by atoms with Gasteiger partial charge in [0, 0.05) is 42.7 Å². The van der Waals surface area contributed by atoms with Crippen LogP contribution in [0.15, 0.2) is 66.9 Å². The Bertz CT molecular complexity index is 1020. The molecule has 3 aromatic rings. The van der Waals surface area contributed by atoms with Gasteiger partial charge in [-0.1, -0.05) is 29.8 Å². The van der Waals surface area contributed by atoms with Crippen LogP contribution in [0.4, 0.5) is 13.2 Å². The molecule has 8 heteroatoms. The maximum absolute atomic E-state index is 13.0. The van der Waals surface area contributed by atoms with Crippen LogP contribution in [0.5, 0.6) is 0 Å². The second-order valence-electron chi connectivity index (χ2n) is 7.01. The second kappa shape index (κ2) is 10.0. The van der Waals surface area contributed by atoms with Crippen LogP contribution in [0.2, 0.25) is 5.02 Å². The maximum Gasteiger partial charge on any atom is 0.416 e. The Kier molecular flexibility index (Phi) is 7.41. The highest BCUT2D eigenvalue weighted by molar-refractivity contribution is 6.31. The third kappa shape index (κ3) is 5.89. The summed E-state index contributed by atoms with van der Waals surface area (Å²) in [5, 5.41) is 0.652. The zero-order valence-electron chi connectivity index (χ0n) is 16.9. The number of halogens is 4. The molecular weight excluding hydrogens is 429 g/mol. The number of benzene rings is 2. The molecule has 0 bridgehead atoms. The first-order valence-corrected chi connectivity index (χ1v) is 10.0. The topological polar surface area (TPSA) is 34.5 Å². The highest BCUT2D eigenvalue weighted by Crippen LogP contribution is 2.29. The summed E-state index contributed by atoms with van der Waals surface area (Å²) >= 11 is 6.27. The molecule has 1 heterocycles. The summed E-state index contributed by atoms with van der Waals surface area (Å²) in [7, 11) is 1.53. The van der Waals surface area contributed by atoms with Crippen molar-refractivity contribution in [3.63, 3.8) is 0 Å². The summed E-state index contributed by atoms with van der Waals surface area (Å²) in [5.41, 5.74) is 1.21. The van der Waals surface area contributed by atoms with E-state index in [1.807, 2.05) is 47.2 Å². The number of alkyl halides is 3. The number of carbonyl (C=O) groups excluding carboxylic acids is 1. The van der Waals surface area contributed by atoms with Crippen LogP contribution in [-0.2, 0) is 24.0 Å². The van der Waals surface area contributed by atoms with Crippen LogP contribution in [0.1, 0.15) is 27.2 Å². The van der Waals surface area contributed by atoms with E-state index in [1.54, 1.807) is 4.90 Å². The molecule has 0 N–H and O–H groups in total. The van der Waals surface area contributed by atoms with Crippen molar-refractivity contribution >= 4 is 17.5 Å². The largest absolute Gasteiger partial charge is 0.416 e. The molecular formula is C23H22ClF3N2O2. The van der Waals surface area contributed by atoms with Gasteiger partial charge in [0.2, 0.25) is 0 Å². The fourth-order valence-corrected chi connectivity index (χ4v) is 3.39. The van der Waals surface area contributed by atoms with Crippen molar-refractivity contribution < 1.29 is 22.7 Å². The maximum atomic E-state index is 13.0. The van der Waals surface area contributed by atoms with Crippen LogP contribution in [0.25, 0.3) is 0 Å². The van der Waals surface area contributed by atoms with Crippen molar-refractivity contribution in [1.29, 1.82) is 0 Å². The summed E-state index contributed by atoms with van der Waals surface area (Å²) in [5.74, 6) is -0.365. The van der Waals surface area contributed by atoms with Gasteiger partial charge in [0.05, 0.1) is 18.7 Å². The lowest BCUT2D eigenvalue weighted by molar-refractivity contribution is -0.137. The minimum absolute atomic E-state index is 0.188. The Labute approximate surface area is 183 Å². The fourth-order valence-electron chi connectivity index (χ4n) is 3.19. The molecule has 31 heavy (non-hydrogen) atoms. The number of methoxy groups -OCH3 is 1. The molecule has 0 atom stereocenters. The highest BCUT2D eigenvalue weighted by Gasteiger charge is 2.30. The molecule has 0 fully saturated rings. The SMILES string of the molecule is COCCN(Cc1cccn1Cc1ccccc1Cl)C(=O)c1ccc(C(F)(F)F)cc1. The molecule has 0 aliphatic heterocycles. The van der Waals surface area contributed by atoms with E-state index in [4.69, 9.17) is 16.3 Å². The van der Waals surface area contributed by atoms with Gasteiger partial charge in [-0.25, -0.2) is 0 Å². The Balaban J connectivity index is 1.80. The first-order valence-electron chi connectivity index (χ1n) is 9.62. The van der Waals surface area contributed by atoms with E-state index in [0.29, 0.717) is 24.7 Å². The monoisotopic (exact) mass is 450 g/mol. The van der Waals surface area contributed by atoms with Crippen molar-refractivity contribution in [2.24, 2.45) is 0 Å². The van der Waals surface area contributed by atoms with Crippen LogP contribution in [0, 0.1) is 0 Å². The molecule has 3 rings (SSSR count). The number of aromatic nitrogens is 1. The van der Waals surface area contributed by atoms with Crippen molar-refractivity contribution in [3.8, 4) is 0 Å². The Morgan fingerprint density at radius 2 is 1.77 bits per heavy atom. The minimum Gasteiger partial charge on any atom is -0.383 e. The zero-order valence-corrected chi connectivity index (χ0v) is 17.7. The summed E-state index contributed by atoms with van der Waals surface area (Å²) in [4.78, 5) is 14.6. The van der Waals surface area contributed by atoms with Crippen LogP contribution >= 0.6 is 11.6 Å². The third-order valence-electron chi connectivity index (χ3n) is 4.89. The van der Waals surface area contributed by atoms with Gasteiger partial charge in [-0.05, 0) is 48.0 Å². The number of nitrogens with zero attached hydrogens (tertiary/aromatic N) is 2. The average Bonchev–Trinajstić information content (AvgIpc) is 3.18. The van der Waals surface area contributed by atoms with E-state index in [9.17, 15) is 18.0 Å². The molecule has 0 radical (unpaired) electrons. The number of carbonyl (C=O) groups is 1. The zero-order chi connectivity index (χ0) is 22.4. The van der Waals surface area contributed by atoms with Crippen molar-refractivity contribution in [2.75, 3.05) is 20.3 Å². The molecule has 0 aliphatic rings. The number of hydrogen-bond acceptors (Lipinski definition) is 2. The molecule has 1 amide bonds. The molecule has 1 aromatic heterocycles. The lowest BCUT2D eigenvalue weighted by atomic mass is 10.1. The number of ether oxygens (including phenoxy) is 1. The summed E-state index contributed by atoms with van der Waals surface area (Å²) in [6.07, 6.45) is -2.55. The predicted molar refractivity (Wildman–Crippen MR) is 113 cm³/mol. The van der Waals surface area contributed by atoms with E-state index in [0.717, 1.165) is 23.4 Å². The Morgan fingerprint density at radius 3 is 2.42 bits per heavy atom. The van der Waals surface area contributed by atoms with E-state index in [1.165, 1.54) is 19.2 Å². The molecule has 164 valence electrons. The lowest BCUT2D eigenvalue weighted by Gasteiger charge is -2.24. The average molecular weight is 451 g/mol. The van der Waals surface area contributed by atoms with Crippen molar-refractivity contribution in [3.05, 3.63) is 94.3 Å². The van der Waals surface area contributed by atoms with E-state index >= 15 is 0 Å². The first-order chi connectivity index (χ1) is 14.8. The Morgan fingerprint density at radius 1 is 1.06 bits per heavy atom. The molecule has 0 saturated heterocycles. The molecule has 0 spiro atoms. The number of hydrogen-bond donors (Lipinski definition) is 0. The molecule has 4 nitrogen and oxygen atoms in total. The lowest BCUT2D eigenvalue weighted by Crippen LogP contribution is -2.34. The fraction of sp³-hybridized carbons (Fsp3) is 0.261. The van der Waals surface area contributed by atoms with Gasteiger partial charge in [0.15, 0.2) is 0 Å². The summed E-state index contributed by atoms with van der Waals surface area (Å²) in [6.45, 7) is 1.42. The van der Waals surface area contributed by atoms with Crippen LogP contribution in [-0.4, -0.2) is 35.6 Å². The van der Waals surface area contributed by atoms with Gasteiger partial charge in [0.25, 0.3) is 5.91 Å². The molecule has 0 aliphatic carbocycles. The summed E-state index contributed by atoms with van der Waals surface area (Å²) < 4.78 is 45.6. The third-order valence-corrected chi connectivity index (χ3v) is 5.26. The highest BCUT2D eigenvalue weighted by atomic mass is 35.5. The normalized spacial score (nSPS) is 11.5. The molecule has 2 aromatic carbocycles. The van der Waals surface area contributed by atoms with Gasteiger partial charge in [0.1, 0.15) is 0 Å².